The molecule has 0 spiro atoms. The number of aryl methyl sites for hydroxylation is 2. The van der Waals surface area contributed by atoms with E-state index in [0.29, 0.717) is 5.41 Å². The lowest BCUT2D eigenvalue weighted by molar-refractivity contribution is 0.222. The number of rotatable bonds is 5. The Hall–Kier alpha value is -0.820. The number of hydrogen-bond donors (Lipinski definition) is 1. The minimum atomic E-state index is 0.219. The molecular weight excluding hydrogens is 230 g/mol. The van der Waals surface area contributed by atoms with E-state index in [1.54, 1.807) is 0 Å². The molecule has 1 unspecified atom stereocenters. The Morgan fingerprint density at radius 1 is 1.05 bits per heavy atom. The predicted molar refractivity (Wildman–Crippen MR) is 83.3 cm³/mol. The lowest BCUT2D eigenvalue weighted by Crippen LogP contribution is -2.31. The summed E-state index contributed by atoms with van der Waals surface area (Å²) in [6.07, 6.45) is 8.78. The zero-order valence-electron chi connectivity index (χ0n) is 12.8. The first-order valence-electron chi connectivity index (χ1n) is 8.04. The molecule has 1 atom stereocenters. The van der Waals surface area contributed by atoms with Gasteiger partial charge in [-0.15, -0.1) is 0 Å². The van der Waals surface area contributed by atoms with Crippen LogP contribution in [0.4, 0.5) is 0 Å². The topological polar surface area (TPSA) is 26.0 Å². The van der Waals surface area contributed by atoms with Crippen LogP contribution in [0.2, 0.25) is 0 Å². The first kappa shape index (κ1) is 14.6. The molecule has 106 valence electrons. The van der Waals surface area contributed by atoms with Gasteiger partial charge >= 0.3 is 0 Å². The Bertz CT molecular complexity index is 416. The van der Waals surface area contributed by atoms with Crippen molar-refractivity contribution in [3.8, 4) is 0 Å². The molecule has 2 N–H and O–H groups in total. The molecule has 19 heavy (non-hydrogen) atoms. The highest BCUT2D eigenvalue weighted by atomic mass is 14.7. The summed E-state index contributed by atoms with van der Waals surface area (Å²) < 4.78 is 0. The summed E-state index contributed by atoms with van der Waals surface area (Å²) in [5, 5.41) is 0. The third-order valence-electron chi connectivity index (χ3n) is 5.31. The summed E-state index contributed by atoms with van der Waals surface area (Å²) >= 11 is 0. The Labute approximate surface area is 118 Å². The molecule has 1 aromatic carbocycles. The second kappa shape index (κ2) is 6.09. The maximum absolute atomic E-state index is 6.66. The van der Waals surface area contributed by atoms with Gasteiger partial charge in [0.15, 0.2) is 0 Å². The average Bonchev–Trinajstić information content (AvgIpc) is 2.95. The van der Waals surface area contributed by atoms with E-state index in [1.807, 2.05) is 0 Å². The molecule has 1 heteroatoms. The minimum absolute atomic E-state index is 0.219. The summed E-state index contributed by atoms with van der Waals surface area (Å²) in [5.41, 5.74) is 11.3. The van der Waals surface area contributed by atoms with Crippen molar-refractivity contribution in [3.05, 3.63) is 34.9 Å². The van der Waals surface area contributed by atoms with Crippen LogP contribution >= 0.6 is 0 Å². The van der Waals surface area contributed by atoms with E-state index in [2.05, 4.69) is 39.0 Å². The Morgan fingerprint density at radius 2 is 1.68 bits per heavy atom. The van der Waals surface area contributed by atoms with Gasteiger partial charge in [0, 0.05) is 6.04 Å². The molecule has 0 amide bonds. The van der Waals surface area contributed by atoms with Crippen molar-refractivity contribution in [2.45, 2.75) is 71.8 Å². The Morgan fingerprint density at radius 3 is 2.21 bits per heavy atom. The fraction of sp³-hybridized carbons (Fsp3) is 0.667. The van der Waals surface area contributed by atoms with Crippen LogP contribution in [0.3, 0.4) is 0 Å². The molecule has 1 aliphatic rings. The van der Waals surface area contributed by atoms with Crippen LogP contribution < -0.4 is 5.73 Å². The molecule has 2 rings (SSSR count). The van der Waals surface area contributed by atoms with Crippen molar-refractivity contribution in [1.29, 1.82) is 0 Å². The van der Waals surface area contributed by atoms with E-state index in [9.17, 15) is 0 Å². The van der Waals surface area contributed by atoms with Crippen molar-refractivity contribution in [2.24, 2.45) is 11.1 Å². The number of nitrogens with two attached hydrogens (primary N) is 1. The highest BCUT2D eigenvalue weighted by molar-refractivity contribution is 5.34. The van der Waals surface area contributed by atoms with E-state index in [4.69, 9.17) is 5.73 Å². The molecule has 1 aliphatic carbocycles. The van der Waals surface area contributed by atoms with Gasteiger partial charge in [-0.3, -0.25) is 0 Å². The van der Waals surface area contributed by atoms with Crippen LogP contribution in [0.5, 0.6) is 0 Å². The van der Waals surface area contributed by atoms with E-state index < -0.39 is 0 Å². The van der Waals surface area contributed by atoms with Gasteiger partial charge in [-0.2, -0.15) is 0 Å². The van der Waals surface area contributed by atoms with Crippen LogP contribution in [0.15, 0.2) is 18.2 Å². The van der Waals surface area contributed by atoms with Gasteiger partial charge in [0.25, 0.3) is 0 Å². The van der Waals surface area contributed by atoms with Crippen LogP contribution in [-0.4, -0.2) is 0 Å². The van der Waals surface area contributed by atoms with Crippen molar-refractivity contribution in [2.75, 3.05) is 0 Å². The molecule has 0 aliphatic heterocycles. The number of benzene rings is 1. The highest BCUT2D eigenvalue weighted by Crippen LogP contribution is 2.49. The predicted octanol–water partition coefficient (Wildman–Crippen LogP) is 4.78. The van der Waals surface area contributed by atoms with Crippen LogP contribution in [-0.2, 0) is 12.8 Å². The minimum Gasteiger partial charge on any atom is -0.323 e. The van der Waals surface area contributed by atoms with Crippen LogP contribution in [0, 0.1) is 5.41 Å². The third kappa shape index (κ3) is 2.72. The van der Waals surface area contributed by atoms with Crippen LogP contribution in [0.1, 0.15) is 75.6 Å². The largest absolute Gasteiger partial charge is 0.323 e. The smallest absolute Gasteiger partial charge is 0.0352 e. The number of hydrogen-bond acceptors (Lipinski definition) is 1. The zero-order valence-corrected chi connectivity index (χ0v) is 12.8. The molecule has 1 nitrogen and oxygen atoms in total. The lowest BCUT2D eigenvalue weighted by atomic mass is 9.73. The summed E-state index contributed by atoms with van der Waals surface area (Å²) in [5.74, 6) is 0. The van der Waals surface area contributed by atoms with Crippen molar-refractivity contribution in [3.63, 3.8) is 0 Å². The molecule has 1 aromatic rings. The highest BCUT2D eigenvalue weighted by Gasteiger charge is 2.38. The molecule has 0 saturated heterocycles. The Kier molecular flexibility index (Phi) is 4.67. The van der Waals surface area contributed by atoms with Gasteiger partial charge in [0.1, 0.15) is 0 Å². The SMILES string of the molecule is CCc1ccc(C(N)C2(CC)CCCC2)cc1CC. The van der Waals surface area contributed by atoms with Gasteiger partial charge in [0.2, 0.25) is 0 Å². The fourth-order valence-electron chi connectivity index (χ4n) is 3.83. The van der Waals surface area contributed by atoms with E-state index in [1.165, 1.54) is 48.8 Å². The van der Waals surface area contributed by atoms with Gasteiger partial charge in [-0.1, -0.05) is 51.8 Å². The van der Waals surface area contributed by atoms with Crippen molar-refractivity contribution < 1.29 is 0 Å². The second-order valence-electron chi connectivity index (χ2n) is 6.14. The van der Waals surface area contributed by atoms with Crippen LogP contribution in [0.25, 0.3) is 0 Å². The van der Waals surface area contributed by atoms with E-state index >= 15 is 0 Å². The van der Waals surface area contributed by atoms with E-state index in [-0.39, 0.29) is 6.04 Å². The second-order valence-corrected chi connectivity index (χ2v) is 6.14. The quantitative estimate of drug-likeness (QED) is 0.809. The summed E-state index contributed by atoms with van der Waals surface area (Å²) in [4.78, 5) is 0. The summed E-state index contributed by atoms with van der Waals surface area (Å²) in [6, 6.07) is 7.17. The monoisotopic (exact) mass is 259 g/mol. The third-order valence-corrected chi connectivity index (χ3v) is 5.31. The first-order chi connectivity index (χ1) is 9.16. The Balaban J connectivity index is 2.30. The van der Waals surface area contributed by atoms with Crippen molar-refractivity contribution in [1.82, 2.24) is 0 Å². The maximum atomic E-state index is 6.66. The fourth-order valence-corrected chi connectivity index (χ4v) is 3.83. The first-order valence-corrected chi connectivity index (χ1v) is 8.04. The van der Waals surface area contributed by atoms with Gasteiger partial charge in [-0.25, -0.2) is 0 Å². The molecule has 1 saturated carbocycles. The standard InChI is InChI=1S/C18H29N/c1-4-14-9-10-16(13-15(14)5-2)17(19)18(6-3)11-7-8-12-18/h9-10,13,17H,4-8,11-12,19H2,1-3H3. The molecule has 0 radical (unpaired) electrons. The van der Waals surface area contributed by atoms with Gasteiger partial charge < -0.3 is 5.73 Å². The van der Waals surface area contributed by atoms with Crippen molar-refractivity contribution >= 4 is 0 Å². The molecule has 1 fully saturated rings. The lowest BCUT2D eigenvalue weighted by Gasteiger charge is -2.35. The average molecular weight is 259 g/mol. The summed E-state index contributed by atoms with van der Waals surface area (Å²) in [6.45, 7) is 6.79. The molecular formula is C18H29N. The summed E-state index contributed by atoms with van der Waals surface area (Å²) in [7, 11) is 0. The van der Waals surface area contributed by atoms with E-state index in [0.717, 1.165) is 12.8 Å². The molecule has 0 aromatic heterocycles. The maximum Gasteiger partial charge on any atom is 0.0352 e. The van der Waals surface area contributed by atoms with Gasteiger partial charge in [-0.05, 0) is 54.2 Å². The zero-order chi connectivity index (χ0) is 13.9. The normalized spacial score (nSPS) is 19.6. The van der Waals surface area contributed by atoms with Gasteiger partial charge in [0.05, 0.1) is 0 Å². The molecule has 0 bridgehead atoms. The molecule has 0 heterocycles.